The predicted octanol–water partition coefficient (Wildman–Crippen LogP) is 3.69. The van der Waals surface area contributed by atoms with Gasteiger partial charge in [0.15, 0.2) is 10.8 Å². The van der Waals surface area contributed by atoms with Crippen molar-refractivity contribution >= 4 is 23.1 Å². The third-order valence-electron chi connectivity index (χ3n) is 4.72. The zero-order valence-electron chi connectivity index (χ0n) is 17.3. The summed E-state index contributed by atoms with van der Waals surface area (Å²) >= 11 is -1.12. The fourth-order valence-electron chi connectivity index (χ4n) is 3.00. The number of hydrogen-bond donors (Lipinski definition) is 0. The first kappa shape index (κ1) is 21.9. The molecule has 156 valence electrons. The molecule has 1 heterocycles. The lowest BCUT2D eigenvalue weighted by Crippen LogP contribution is -2.46. The molecule has 0 N–H and O–H groups in total. The van der Waals surface area contributed by atoms with Crippen molar-refractivity contribution in [3.63, 3.8) is 0 Å². The molecular weight excluding hydrogens is 400 g/mol. The Labute approximate surface area is 180 Å². The van der Waals surface area contributed by atoms with E-state index in [-0.39, 0.29) is 6.42 Å². The average Bonchev–Trinajstić information content (AvgIpc) is 2.68. The van der Waals surface area contributed by atoms with E-state index in [0.717, 1.165) is 21.6 Å². The quantitative estimate of drug-likeness (QED) is 0.317. The molecule has 0 aliphatic carbocycles. The zero-order chi connectivity index (χ0) is 21.7. The van der Waals surface area contributed by atoms with Crippen molar-refractivity contribution in [3.05, 3.63) is 65.2 Å². The van der Waals surface area contributed by atoms with Gasteiger partial charge >= 0.3 is 11.9 Å². The molecule has 0 aromatic heterocycles. The highest BCUT2D eigenvalue weighted by Crippen LogP contribution is 2.24. The number of carbonyl (C=O) groups excluding carboxylic acids is 2. The van der Waals surface area contributed by atoms with Gasteiger partial charge in [-0.3, -0.25) is 9.59 Å². The Morgan fingerprint density at radius 2 is 1.63 bits per heavy atom. The van der Waals surface area contributed by atoms with Crippen LogP contribution in [0.5, 0.6) is 0 Å². The van der Waals surface area contributed by atoms with Crippen molar-refractivity contribution in [2.45, 2.75) is 50.0 Å². The lowest BCUT2D eigenvalue weighted by Gasteiger charge is -2.32. The average molecular weight is 425 g/mol. The van der Waals surface area contributed by atoms with Crippen LogP contribution in [0.2, 0.25) is 0 Å². The lowest BCUT2D eigenvalue weighted by molar-refractivity contribution is -0.239. The van der Waals surface area contributed by atoms with Gasteiger partial charge in [0.2, 0.25) is 0 Å². The Balaban J connectivity index is 1.54. The van der Waals surface area contributed by atoms with Crippen LogP contribution < -0.4 is 0 Å². The van der Waals surface area contributed by atoms with E-state index in [9.17, 15) is 14.1 Å². The highest BCUT2D eigenvalue weighted by molar-refractivity contribution is 7.90. The molecular formula is C24H24O5S. The van der Waals surface area contributed by atoms with Gasteiger partial charge in [-0.1, -0.05) is 42.3 Å². The van der Waals surface area contributed by atoms with Crippen molar-refractivity contribution in [1.29, 1.82) is 0 Å². The molecule has 0 spiro atoms. The van der Waals surface area contributed by atoms with E-state index in [2.05, 4.69) is 11.8 Å². The second-order valence-electron chi connectivity index (χ2n) is 7.59. The number of carbonyl (C=O) groups is 2. The van der Waals surface area contributed by atoms with Crippen LogP contribution in [0.3, 0.4) is 0 Å². The number of benzene rings is 2. The van der Waals surface area contributed by atoms with Gasteiger partial charge in [0, 0.05) is 32.3 Å². The van der Waals surface area contributed by atoms with Crippen molar-refractivity contribution in [2.75, 3.05) is 0 Å². The van der Waals surface area contributed by atoms with Crippen LogP contribution in [-0.2, 0) is 42.4 Å². The molecule has 0 radical (unpaired) electrons. The third kappa shape index (κ3) is 5.65. The molecule has 3 rings (SSSR count). The number of rotatable bonds is 5. The van der Waals surface area contributed by atoms with E-state index in [1.165, 1.54) is 13.8 Å². The minimum Gasteiger partial charge on any atom is -0.611 e. The van der Waals surface area contributed by atoms with Crippen molar-refractivity contribution in [2.24, 2.45) is 5.92 Å². The summed E-state index contributed by atoms with van der Waals surface area (Å²) in [7, 11) is 0. The number of aryl methyl sites for hydroxylation is 1. The Morgan fingerprint density at radius 3 is 2.27 bits per heavy atom. The summed E-state index contributed by atoms with van der Waals surface area (Å²) in [5.74, 6) is 2.87. The van der Waals surface area contributed by atoms with Crippen LogP contribution in [0.15, 0.2) is 53.4 Å². The Kier molecular flexibility index (Phi) is 6.86. The van der Waals surface area contributed by atoms with Crippen LogP contribution in [0.4, 0.5) is 0 Å². The SMILES string of the molecule is Cc1ccccc1C[S+]([O-])c1ccc(CC#CCC2C(=O)OC(C)(C)OC2=O)cc1. The minimum absolute atomic E-state index is 0.0618. The van der Waals surface area contributed by atoms with Gasteiger partial charge in [-0.2, -0.15) is 0 Å². The summed E-state index contributed by atoms with van der Waals surface area (Å²) in [5.41, 5.74) is 3.18. The summed E-state index contributed by atoms with van der Waals surface area (Å²) in [4.78, 5) is 24.6. The second-order valence-corrected chi connectivity index (χ2v) is 9.04. The van der Waals surface area contributed by atoms with Crippen LogP contribution in [0.25, 0.3) is 0 Å². The second kappa shape index (κ2) is 9.38. The summed E-state index contributed by atoms with van der Waals surface area (Å²) < 4.78 is 22.8. The zero-order valence-corrected chi connectivity index (χ0v) is 18.1. The van der Waals surface area contributed by atoms with Crippen LogP contribution >= 0.6 is 0 Å². The molecule has 1 atom stereocenters. The smallest absolute Gasteiger partial charge is 0.324 e. The lowest BCUT2D eigenvalue weighted by atomic mass is 10.0. The maximum Gasteiger partial charge on any atom is 0.324 e. The molecule has 5 nitrogen and oxygen atoms in total. The van der Waals surface area contributed by atoms with Crippen LogP contribution in [0.1, 0.15) is 37.0 Å². The normalized spacial score (nSPS) is 16.8. The molecule has 2 aromatic rings. The van der Waals surface area contributed by atoms with Crippen LogP contribution in [-0.4, -0.2) is 22.3 Å². The maximum atomic E-state index is 12.6. The summed E-state index contributed by atoms with van der Waals surface area (Å²) in [6.07, 6.45) is 0.527. The van der Waals surface area contributed by atoms with Crippen molar-refractivity contribution in [3.8, 4) is 11.8 Å². The first-order chi connectivity index (χ1) is 14.2. The van der Waals surface area contributed by atoms with Crippen molar-refractivity contribution in [1.82, 2.24) is 0 Å². The largest absolute Gasteiger partial charge is 0.611 e. The molecule has 1 saturated heterocycles. The molecule has 1 unspecified atom stereocenters. The Morgan fingerprint density at radius 1 is 1.00 bits per heavy atom. The molecule has 0 bridgehead atoms. The topological polar surface area (TPSA) is 75.7 Å². The summed E-state index contributed by atoms with van der Waals surface area (Å²) in [6.45, 7) is 5.05. The standard InChI is InChI=1S/C24H24O5S/c1-17-8-4-6-10-19(17)16-30(27)20-14-12-18(13-15-20)9-5-7-11-21-22(25)28-24(2,3)29-23(21)26/h4,6,8,10,12-15,21H,9,11,16H2,1-3H3. The van der Waals surface area contributed by atoms with Gasteiger partial charge in [0.25, 0.3) is 5.79 Å². The highest BCUT2D eigenvalue weighted by Gasteiger charge is 2.42. The minimum atomic E-state index is -1.22. The van der Waals surface area contributed by atoms with Gasteiger partial charge in [-0.05, 0) is 41.4 Å². The number of ether oxygens (including phenoxy) is 2. The molecule has 0 amide bonds. The number of esters is 2. The Hall–Kier alpha value is -2.75. The van der Waals surface area contributed by atoms with E-state index < -0.39 is 34.8 Å². The molecule has 1 aliphatic rings. The highest BCUT2D eigenvalue weighted by atomic mass is 32.2. The number of cyclic esters (lactones) is 2. The van der Waals surface area contributed by atoms with E-state index in [4.69, 9.17) is 9.47 Å². The summed E-state index contributed by atoms with van der Waals surface area (Å²) in [5, 5.41) is 0. The molecule has 6 heteroatoms. The van der Waals surface area contributed by atoms with Gasteiger partial charge in [-0.15, -0.1) is 5.92 Å². The summed E-state index contributed by atoms with van der Waals surface area (Å²) in [6, 6.07) is 15.4. The van der Waals surface area contributed by atoms with Gasteiger partial charge in [-0.25, -0.2) is 0 Å². The fraction of sp³-hybridized carbons (Fsp3) is 0.333. The van der Waals surface area contributed by atoms with E-state index >= 15 is 0 Å². The molecule has 0 saturated carbocycles. The number of hydrogen-bond acceptors (Lipinski definition) is 5. The maximum absolute atomic E-state index is 12.6. The van der Waals surface area contributed by atoms with Gasteiger partial charge in [0.05, 0.1) is 0 Å². The molecule has 30 heavy (non-hydrogen) atoms. The predicted molar refractivity (Wildman–Crippen MR) is 114 cm³/mol. The Bertz CT molecular complexity index is 965. The first-order valence-electron chi connectivity index (χ1n) is 9.68. The molecule has 2 aromatic carbocycles. The van der Waals surface area contributed by atoms with E-state index in [1.54, 1.807) is 0 Å². The van der Waals surface area contributed by atoms with E-state index in [1.807, 2.05) is 55.5 Å². The van der Waals surface area contributed by atoms with Gasteiger partial charge in [0.1, 0.15) is 5.75 Å². The third-order valence-corrected chi connectivity index (χ3v) is 6.09. The fourth-order valence-corrected chi connectivity index (χ4v) is 4.22. The van der Waals surface area contributed by atoms with Crippen LogP contribution in [0, 0.1) is 24.7 Å². The monoisotopic (exact) mass is 424 g/mol. The first-order valence-corrected chi connectivity index (χ1v) is 11.0. The molecule has 1 fully saturated rings. The van der Waals surface area contributed by atoms with Crippen molar-refractivity contribution < 1.29 is 23.6 Å². The molecule has 1 aliphatic heterocycles. The van der Waals surface area contributed by atoms with E-state index in [0.29, 0.717) is 12.2 Å². The van der Waals surface area contributed by atoms with Gasteiger partial charge < -0.3 is 14.0 Å².